The maximum Gasteiger partial charge on any atom is 0.0860 e. The second kappa shape index (κ2) is 4.04. The van der Waals surface area contributed by atoms with Crippen LogP contribution in [0.15, 0.2) is 0 Å². The summed E-state index contributed by atoms with van der Waals surface area (Å²) in [4.78, 5) is 0. The van der Waals surface area contributed by atoms with Crippen LogP contribution in [0.4, 0.5) is 0 Å². The maximum absolute atomic E-state index is 11.0. The van der Waals surface area contributed by atoms with Crippen molar-refractivity contribution in [2.24, 2.45) is 16.7 Å². The van der Waals surface area contributed by atoms with Crippen LogP contribution >= 0.6 is 0 Å². The summed E-state index contributed by atoms with van der Waals surface area (Å²) in [5.41, 5.74) is -1.44. The Kier molecular flexibility index (Phi) is 3.41. The third kappa shape index (κ3) is 2.11. The molecule has 92 valence electrons. The topological polar surface area (TPSA) is 44.0 Å². The SMILES string of the molecule is CC(C)(C)C1CCCCC1(O)C(C)(C)C#N. The lowest BCUT2D eigenvalue weighted by molar-refractivity contribution is -0.143. The van der Waals surface area contributed by atoms with Crippen molar-refractivity contribution in [2.75, 3.05) is 0 Å². The molecule has 0 amide bonds. The van der Waals surface area contributed by atoms with Gasteiger partial charge in [0.1, 0.15) is 0 Å². The van der Waals surface area contributed by atoms with E-state index in [1.807, 2.05) is 13.8 Å². The summed E-state index contributed by atoms with van der Waals surface area (Å²) in [6.07, 6.45) is 4.00. The molecule has 0 aromatic heterocycles. The highest BCUT2D eigenvalue weighted by Crippen LogP contribution is 2.51. The molecule has 1 fully saturated rings. The Balaban J connectivity index is 3.12. The number of rotatable bonds is 1. The predicted octanol–water partition coefficient (Wildman–Crippen LogP) is 3.50. The number of hydrogen-bond donors (Lipinski definition) is 1. The molecule has 2 nitrogen and oxygen atoms in total. The summed E-state index contributed by atoms with van der Waals surface area (Å²) in [6, 6.07) is 2.30. The van der Waals surface area contributed by atoms with Gasteiger partial charge in [-0.3, -0.25) is 0 Å². The van der Waals surface area contributed by atoms with Crippen molar-refractivity contribution in [3.05, 3.63) is 0 Å². The van der Waals surface area contributed by atoms with Gasteiger partial charge in [-0.2, -0.15) is 5.26 Å². The lowest BCUT2D eigenvalue weighted by atomic mass is 9.55. The molecule has 1 aliphatic carbocycles. The highest BCUT2D eigenvalue weighted by Gasteiger charge is 2.53. The molecular weight excluding hydrogens is 198 g/mol. The first-order chi connectivity index (χ1) is 7.15. The zero-order chi connectivity index (χ0) is 12.6. The van der Waals surface area contributed by atoms with Crippen LogP contribution in [0.1, 0.15) is 60.3 Å². The van der Waals surface area contributed by atoms with E-state index in [9.17, 15) is 10.4 Å². The Bertz CT molecular complexity index is 295. The molecule has 1 N–H and O–H groups in total. The molecule has 1 rings (SSSR count). The fourth-order valence-corrected chi connectivity index (χ4v) is 3.15. The third-order valence-corrected chi connectivity index (χ3v) is 4.28. The van der Waals surface area contributed by atoms with Crippen LogP contribution in [-0.2, 0) is 0 Å². The van der Waals surface area contributed by atoms with Gasteiger partial charge in [-0.25, -0.2) is 0 Å². The normalized spacial score (nSPS) is 32.2. The van der Waals surface area contributed by atoms with Gasteiger partial charge in [0.15, 0.2) is 0 Å². The molecule has 2 atom stereocenters. The molecule has 0 aliphatic heterocycles. The van der Waals surface area contributed by atoms with Crippen molar-refractivity contribution in [3.8, 4) is 6.07 Å². The van der Waals surface area contributed by atoms with Gasteiger partial charge in [0.05, 0.1) is 17.1 Å². The Morgan fingerprint density at radius 2 is 1.75 bits per heavy atom. The zero-order valence-electron chi connectivity index (χ0n) is 11.3. The smallest absolute Gasteiger partial charge is 0.0860 e. The average molecular weight is 223 g/mol. The quantitative estimate of drug-likeness (QED) is 0.739. The number of hydrogen-bond acceptors (Lipinski definition) is 2. The van der Waals surface area contributed by atoms with Crippen LogP contribution in [-0.4, -0.2) is 10.7 Å². The van der Waals surface area contributed by atoms with Crippen molar-refractivity contribution in [3.63, 3.8) is 0 Å². The molecule has 0 heterocycles. The number of nitriles is 1. The monoisotopic (exact) mass is 223 g/mol. The summed E-state index contributed by atoms with van der Waals surface area (Å²) in [5.74, 6) is 0.211. The third-order valence-electron chi connectivity index (χ3n) is 4.28. The highest BCUT2D eigenvalue weighted by atomic mass is 16.3. The van der Waals surface area contributed by atoms with E-state index >= 15 is 0 Å². The number of nitrogens with zero attached hydrogens (tertiary/aromatic N) is 1. The van der Waals surface area contributed by atoms with E-state index in [2.05, 4.69) is 26.8 Å². The minimum Gasteiger partial charge on any atom is -0.388 e. The number of aliphatic hydroxyl groups is 1. The summed E-state index contributed by atoms with van der Waals surface area (Å²) >= 11 is 0. The molecule has 0 saturated heterocycles. The second-order valence-corrected chi connectivity index (χ2v) is 6.83. The molecular formula is C14H25NO. The van der Waals surface area contributed by atoms with E-state index in [4.69, 9.17) is 0 Å². The van der Waals surface area contributed by atoms with Crippen molar-refractivity contribution >= 4 is 0 Å². The van der Waals surface area contributed by atoms with Gasteiger partial charge in [0.25, 0.3) is 0 Å². The minimum absolute atomic E-state index is 0.0588. The molecule has 0 aromatic carbocycles. The van der Waals surface area contributed by atoms with E-state index in [1.165, 1.54) is 6.42 Å². The predicted molar refractivity (Wildman–Crippen MR) is 65.8 cm³/mol. The van der Waals surface area contributed by atoms with Crippen LogP contribution in [0.25, 0.3) is 0 Å². The van der Waals surface area contributed by atoms with E-state index in [0.717, 1.165) is 19.3 Å². The van der Waals surface area contributed by atoms with Crippen LogP contribution in [0.3, 0.4) is 0 Å². The van der Waals surface area contributed by atoms with Gasteiger partial charge in [0.2, 0.25) is 0 Å². The van der Waals surface area contributed by atoms with E-state index < -0.39 is 11.0 Å². The van der Waals surface area contributed by atoms with Gasteiger partial charge >= 0.3 is 0 Å². The van der Waals surface area contributed by atoms with Gasteiger partial charge in [-0.1, -0.05) is 33.6 Å². The highest BCUT2D eigenvalue weighted by molar-refractivity contribution is 5.12. The molecule has 16 heavy (non-hydrogen) atoms. The van der Waals surface area contributed by atoms with Crippen molar-refractivity contribution in [1.29, 1.82) is 5.26 Å². The molecule has 0 radical (unpaired) electrons. The van der Waals surface area contributed by atoms with Crippen LogP contribution in [0.5, 0.6) is 0 Å². The van der Waals surface area contributed by atoms with Crippen LogP contribution in [0, 0.1) is 28.1 Å². The largest absolute Gasteiger partial charge is 0.388 e. The molecule has 2 unspecified atom stereocenters. The van der Waals surface area contributed by atoms with Crippen LogP contribution < -0.4 is 0 Å². The lowest BCUT2D eigenvalue weighted by Gasteiger charge is -2.52. The molecule has 0 spiro atoms. The Morgan fingerprint density at radius 3 is 2.19 bits per heavy atom. The molecule has 2 heteroatoms. The minimum atomic E-state index is -0.835. The second-order valence-electron chi connectivity index (χ2n) is 6.83. The Hall–Kier alpha value is -0.550. The van der Waals surface area contributed by atoms with Crippen molar-refractivity contribution in [1.82, 2.24) is 0 Å². The lowest BCUT2D eigenvalue weighted by Crippen LogP contribution is -2.55. The van der Waals surface area contributed by atoms with Gasteiger partial charge < -0.3 is 5.11 Å². The molecule has 1 saturated carbocycles. The van der Waals surface area contributed by atoms with Crippen molar-refractivity contribution in [2.45, 2.75) is 65.9 Å². The molecule has 1 aliphatic rings. The van der Waals surface area contributed by atoms with E-state index in [0.29, 0.717) is 0 Å². The summed E-state index contributed by atoms with van der Waals surface area (Å²) in [7, 11) is 0. The first kappa shape index (κ1) is 13.5. The Labute approximate surface area is 99.7 Å². The van der Waals surface area contributed by atoms with Gasteiger partial charge in [0, 0.05) is 0 Å². The average Bonchev–Trinajstić information content (AvgIpc) is 2.16. The Morgan fingerprint density at radius 1 is 1.19 bits per heavy atom. The fraction of sp³-hybridized carbons (Fsp3) is 0.929. The van der Waals surface area contributed by atoms with Crippen molar-refractivity contribution < 1.29 is 5.11 Å². The summed E-state index contributed by atoms with van der Waals surface area (Å²) in [5, 5.41) is 20.3. The maximum atomic E-state index is 11.0. The fourth-order valence-electron chi connectivity index (χ4n) is 3.15. The van der Waals surface area contributed by atoms with E-state index in [1.54, 1.807) is 0 Å². The van der Waals surface area contributed by atoms with E-state index in [-0.39, 0.29) is 11.3 Å². The van der Waals surface area contributed by atoms with Gasteiger partial charge in [-0.15, -0.1) is 0 Å². The van der Waals surface area contributed by atoms with Crippen LogP contribution in [0.2, 0.25) is 0 Å². The first-order valence-electron chi connectivity index (χ1n) is 6.29. The standard InChI is InChI=1S/C14H25NO/c1-12(2,3)11-8-6-7-9-14(11,16)13(4,5)10-15/h11,16H,6-9H2,1-5H3. The first-order valence-corrected chi connectivity index (χ1v) is 6.29. The molecule has 0 bridgehead atoms. The van der Waals surface area contributed by atoms with Gasteiger partial charge in [-0.05, 0) is 38.0 Å². The molecule has 0 aromatic rings. The zero-order valence-corrected chi connectivity index (χ0v) is 11.3. The summed E-state index contributed by atoms with van der Waals surface area (Å²) in [6.45, 7) is 10.2. The summed E-state index contributed by atoms with van der Waals surface area (Å²) < 4.78 is 0.